The first kappa shape index (κ1) is 13.7. The molecule has 6 heteroatoms. The van der Waals surface area contributed by atoms with Gasteiger partial charge >= 0.3 is 0 Å². The highest BCUT2D eigenvalue weighted by Crippen LogP contribution is 2.27. The molecule has 0 bridgehead atoms. The number of nitro benzene ring substituents is 1. The van der Waals surface area contributed by atoms with Crippen LogP contribution in [0.4, 0.5) is 11.4 Å². The van der Waals surface area contributed by atoms with E-state index in [1.165, 1.54) is 6.07 Å². The zero-order chi connectivity index (χ0) is 12.7. The highest BCUT2D eigenvalue weighted by molar-refractivity contribution is 6.30. The van der Waals surface area contributed by atoms with Gasteiger partial charge in [-0.05, 0) is 31.6 Å². The van der Waals surface area contributed by atoms with Crippen LogP contribution in [0.5, 0.6) is 0 Å². The Morgan fingerprint density at radius 3 is 2.82 bits per heavy atom. The van der Waals surface area contributed by atoms with Crippen LogP contribution in [0.3, 0.4) is 0 Å². The van der Waals surface area contributed by atoms with Crippen molar-refractivity contribution in [3.8, 4) is 0 Å². The van der Waals surface area contributed by atoms with Crippen LogP contribution in [0.15, 0.2) is 18.2 Å². The molecule has 2 N–H and O–H groups in total. The monoisotopic (exact) mass is 257 g/mol. The topological polar surface area (TPSA) is 67.2 Å². The normalized spacial score (nSPS) is 10.2. The number of hydrogen-bond acceptors (Lipinski definition) is 4. The maximum absolute atomic E-state index is 10.8. The Morgan fingerprint density at radius 2 is 2.18 bits per heavy atom. The third kappa shape index (κ3) is 4.58. The van der Waals surface area contributed by atoms with Crippen molar-refractivity contribution in [3.63, 3.8) is 0 Å². The molecule has 1 aromatic carbocycles. The van der Waals surface area contributed by atoms with Crippen molar-refractivity contribution < 1.29 is 4.92 Å². The molecule has 0 atom stereocenters. The largest absolute Gasteiger partial charge is 0.379 e. The summed E-state index contributed by atoms with van der Waals surface area (Å²) in [6.45, 7) is 4.55. The van der Waals surface area contributed by atoms with E-state index >= 15 is 0 Å². The zero-order valence-electron chi connectivity index (χ0n) is 9.70. The number of nitrogens with one attached hydrogen (secondary N) is 2. The average molecular weight is 258 g/mol. The molecule has 0 aromatic heterocycles. The second kappa shape index (κ2) is 7.09. The number of rotatable bonds is 7. The third-order valence-electron chi connectivity index (χ3n) is 2.25. The van der Waals surface area contributed by atoms with Crippen LogP contribution in [0.25, 0.3) is 0 Å². The van der Waals surface area contributed by atoms with Crippen molar-refractivity contribution in [1.29, 1.82) is 0 Å². The lowest BCUT2D eigenvalue weighted by atomic mass is 10.2. The first-order valence-electron chi connectivity index (χ1n) is 5.53. The van der Waals surface area contributed by atoms with Gasteiger partial charge in [-0.25, -0.2) is 0 Å². The summed E-state index contributed by atoms with van der Waals surface area (Å²) in [6, 6.07) is 4.63. The van der Waals surface area contributed by atoms with Gasteiger partial charge in [0.1, 0.15) is 5.69 Å². The lowest BCUT2D eigenvalue weighted by Gasteiger charge is -2.07. The fraction of sp³-hybridized carbons (Fsp3) is 0.455. The number of halogens is 1. The Hall–Kier alpha value is -1.33. The summed E-state index contributed by atoms with van der Waals surface area (Å²) in [4.78, 5) is 10.4. The van der Waals surface area contributed by atoms with E-state index < -0.39 is 4.92 Å². The van der Waals surface area contributed by atoms with Crippen LogP contribution in [-0.4, -0.2) is 24.6 Å². The Balaban J connectivity index is 2.55. The summed E-state index contributed by atoms with van der Waals surface area (Å²) in [7, 11) is 0. The highest BCUT2D eigenvalue weighted by Gasteiger charge is 2.13. The van der Waals surface area contributed by atoms with Gasteiger partial charge in [0.2, 0.25) is 0 Å². The number of hydrogen-bond donors (Lipinski definition) is 2. The Morgan fingerprint density at radius 1 is 1.41 bits per heavy atom. The van der Waals surface area contributed by atoms with E-state index in [-0.39, 0.29) is 5.69 Å². The molecule has 17 heavy (non-hydrogen) atoms. The zero-order valence-corrected chi connectivity index (χ0v) is 10.5. The lowest BCUT2D eigenvalue weighted by Crippen LogP contribution is -2.17. The predicted octanol–water partition coefficient (Wildman–Crippen LogP) is 2.66. The Labute approximate surface area is 105 Å². The average Bonchev–Trinajstić information content (AvgIpc) is 2.30. The molecule has 0 aliphatic heterocycles. The van der Waals surface area contributed by atoms with E-state index in [2.05, 4.69) is 10.6 Å². The van der Waals surface area contributed by atoms with Crippen molar-refractivity contribution in [3.05, 3.63) is 33.3 Å². The second-order valence-electron chi connectivity index (χ2n) is 3.55. The van der Waals surface area contributed by atoms with E-state index in [1.54, 1.807) is 12.1 Å². The van der Waals surface area contributed by atoms with E-state index in [4.69, 9.17) is 11.6 Å². The van der Waals surface area contributed by atoms with Crippen molar-refractivity contribution >= 4 is 23.0 Å². The van der Waals surface area contributed by atoms with Crippen molar-refractivity contribution in [2.45, 2.75) is 13.3 Å². The summed E-state index contributed by atoms with van der Waals surface area (Å²) in [5.41, 5.74) is 0.525. The lowest BCUT2D eigenvalue weighted by molar-refractivity contribution is -0.383. The number of nitro groups is 1. The summed E-state index contributed by atoms with van der Waals surface area (Å²) in [5.74, 6) is 0. The quantitative estimate of drug-likeness (QED) is 0.448. The number of nitrogens with zero attached hydrogens (tertiary/aromatic N) is 1. The molecule has 0 aliphatic rings. The number of anilines is 1. The summed E-state index contributed by atoms with van der Waals surface area (Å²) >= 11 is 5.72. The van der Waals surface area contributed by atoms with Gasteiger partial charge in [-0.15, -0.1) is 0 Å². The molecule has 0 aliphatic carbocycles. The molecule has 0 saturated carbocycles. The molecule has 0 heterocycles. The number of benzene rings is 1. The highest BCUT2D eigenvalue weighted by atomic mass is 35.5. The van der Waals surface area contributed by atoms with Crippen LogP contribution in [0, 0.1) is 10.1 Å². The van der Waals surface area contributed by atoms with Gasteiger partial charge in [0.25, 0.3) is 5.69 Å². The van der Waals surface area contributed by atoms with Gasteiger partial charge in [0.15, 0.2) is 0 Å². The van der Waals surface area contributed by atoms with Crippen LogP contribution in [0.1, 0.15) is 13.3 Å². The van der Waals surface area contributed by atoms with Gasteiger partial charge < -0.3 is 10.6 Å². The second-order valence-corrected chi connectivity index (χ2v) is 3.99. The van der Waals surface area contributed by atoms with Crippen molar-refractivity contribution in [2.24, 2.45) is 0 Å². The van der Waals surface area contributed by atoms with E-state index in [9.17, 15) is 10.1 Å². The molecule has 1 aromatic rings. The maximum Gasteiger partial charge on any atom is 0.293 e. The van der Waals surface area contributed by atoms with Gasteiger partial charge in [-0.2, -0.15) is 0 Å². The van der Waals surface area contributed by atoms with Crippen LogP contribution < -0.4 is 10.6 Å². The molecule has 1 rings (SSSR count). The standard InChI is InChI=1S/C11H16ClN3O2/c1-2-13-6-3-7-14-10-5-4-9(12)8-11(10)15(16)17/h4-5,8,13-14H,2-3,6-7H2,1H3. The van der Waals surface area contributed by atoms with Gasteiger partial charge in [-0.1, -0.05) is 18.5 Å². The molecule has 0 radical (unpaired) electrons. The first-order chi connectivity index (χ1) is 8.15. The maximum atomic E-state index is 10.8. The molecular weight excluding hydrogens is 242 g/mol. The molecule has 0 spiro atoms. The van der Waals surface area contributed by atoms with Crippen LogP contribution >= 0.6 is 11.6 Å². The molecule has 5 nitrogen and oxygen atoms in total. The summed E-state index contributed by atoms with van der Waals surface area (Å²) in [5, 5.41) is 17.4. The molecule has 0 amide bonds. The Kier molecular flexibility index (Phi) is 5.72. The SMILES string of the molecule is CCNCCCNc1ccc(Cl)cc1[N+](=O)[O-]. The minimum Gasteiger partial charge on any atom is -0.379 e. The van der Waals surface area contributed by atoms with E-state index in [0.29, 0.717) is 17.3 Å². The van der Waals surface area contributed by atoms with Crippen LogP contribution in [-0.2, 0) is 0 Å². The van der Waals surface area contributed by atoms with Gasteiger partial charge in [0.05, 0.1) is 4.92 Å². The van der Waals surface area contributed by atoms with Crippen molar-refractivity contribution in [2.75, 3.05) is 25.0 Å². The van der Waals surface area contributed by atoms with Gasteiger partial charge in [-0.3, -0.25) is 10.1 Å². The molecule has 0 saturated heterocycles. The molecule has 0 fully saturated rings. The molecular formula is C11H16ClN3O2. The summed E-state index contributed by atoms with van der Waals surface area (Å²) < 4.78 is 0. The minimum absolute atomic E-state index is 0.0148. The molecule has 94 valence electrons. The van der Waals surface area contributed by atoms with E-state index in [1.807, 2.05) is 6.92 Å². The third-order valence-corrected chi connectivity index (χ3v) is 2.49. The fourth-order valence-corrected chi connectivity index (χ4v) is 1.58. The fourth-order valence-electron chi connectivity index (χ4n) is 1.42. The van der Waals surface area contributed by atoms with Gasteiger partial charge in [0, 0.05) is 17.6 Å². The van der Waals surface area contributed by atoms with Crippen molar-refractivity contribution in [1.82, 2.24) is 5.32 Å². The predicted molar refractivity (Wildman–Crippen MR) is 69.8 cm³/mol. The smallest absolute Gasteiger partial charge is 0.293 e. The molecule has 0 unspecified atom stereocenters. The van der Waals surface area contributed by atoms with E-state index in [0.717, 1.165) is 19.5 Å². The summed E-state index contributed by atoms with van der Waals surface area (Å²) in [6.07, 6.45) is 0.910. The first-order valence-corrected chi connectivity index (χ1v) is 5.91. The minimum atomic E-state index is -0.432. The Bertz CT molecular complexity index is 385. The van der Waals surface area contributed by atoms with Crippen LogP contribution in [0.2, 0.25) is 5.02 Å².